The van der Waals surface area contributed by atoms with E-state index in [1.807, 2.05) is 6.07 Å². The molecule has 0 atom stereocenters. The molecular weight excluding hydrogens is 470 g/mol. The SMILES string of the molecule is CCCCCCCCCCCCc1cccc(OCCOC(=O)CCCC[N+](C)(C)Cc2ccccc2)c1. The first-order chi connectivity index (χ1) is 18.5. The third-order valence-corrected chi connectivity index (χ3v) is 7.18. The lowest BCUT2D eigenvalue weighted by atomic mass is 10.0. The summed E-state index contributed by atoms with van der Waals surface area (Å²) >= 11 is 0. The predicted molar refractivity (Wildman–Crippen MR) is 159 cm³/mol. The van der Waals surface area contributed by atoms with Gasteiger partial charge in [0.15, 0.2) is 0 Å². The molecule has 0 aliphatic rings. The van der Waals surface area contributed by atoms with Crippen molar-refractivity contribution in [1.82, 2.24) is 0 Å². The van der Waals surface area contributed by atoms with E-state index in [4.69, 9.17) is 9.47 Å². The second kappa shape index (κ2) is 19.7. The Morgan fingerprint density at radius 1 is 0.711 bits per heavy atom. The van der Waals surface area contributed by atoms with E-state index in [2.05, 4.69) is 69.6 Å². The van der Waals surface area contributed by atoms with Gasteiger partial charge in [-0.25, -0.2) is 0 Å². The minimum atomic E-state index is -0.128. The summed E-state index contributed by atoms with van der Waals surface area (Å²) in [6.45, 7) is 5.02. The first-order valence-corrected chi connectivity index (χ1v) is 15.2. The topological polar surface area (TPSA) is 35.5 Å². The number of rotatable bonds is 22. The Hall–Kier alpha value is -2.33. The van der Waals surface area contributed by atoms with Crippen LogP contribution in [0.1, 0.15) is 102 Å². The standard InChI is InChI=1S/C34H54NO3/c1-4-5-6-7-8-9-10-11-12-14-20-31-23-19-24-33(29-31)37-27-28-38-34(36)25-17-18-26-35(2,3)30-32-21-15-13-16-22-32/h13,15-16,19,21-24,29H,4-12,14,17-18,20,25-28,30H2,1-3H3/q+1. The van der Waals surface area contributed by atoms with Gasteiger partial charge >= 0.3 is 5.97 Å². The molecular formula is C34H54NO3+. The highest BCUT2D eigenvalue weighted by Gasteiger charge is 2.15. The number of carbonyl (C=O) groups is 1. The van der Waals surface area contributed by atoms with Crippen LogP contribution in [0.5, 0.6) is 5.75 Å². The number of benzene rings is 2. The van der Waals surface area contributed by atoms with Crippen molar-refractivity contribution in [2.75, 3.05) is 33.9 Å². The maximum atomic E-state index is 12.1. The molecule has 0 saturated carbocycles. The van der Waals surface area contributed by atoms with E-state index < -0.39 is 0 Å². The van der Waals surface area contributed by atoms with Crippen molar-refractivity contribution in [1.29, 1.82) is 0 Å². The Morgan fingerprint density at radius 3 is 2.08 bits per heavy atom. The van der Waals surface area contributed by atoms with Crippen molar-refractivity contribution in [3.05, 3.63) is 65.7 Å². The second-order valence-electron chi connectivity index (χ2n) is 11.4. The van der Waals surface area contributed by atoms with Crippen LogP contribution in [-0.2, 0) is 22.5 Å². The fourth-order valence-electron chi connectivity index (χ4n) is 4.96. The molecule has 0 aromatic heterocycles. The van der Waals surface area contributed by atoms with Gasteiger partial charge in [-0.1, -0.05) is 107 Å². The van der Waals surface area contributed by atoms with Crippen molar-refractivity contribution in [2.24, 2.45) is 0 Å². The number of hydrogen-bond acceptors (Lipinski definition) is 3. The minimum absolute atomic E-state index is 0.128. The van der Waals surface area contributed by atoms with Gasteiger partial charge in [-0.2, -0.15) is 0 Å². The molecule has 4 heteroatoms. The molecule has 0 amide bonds. The lowest BCUT2D eigenvalue weighted by Gasteiger charge is -2.30. The number of nitrogens with zero attached hydrogens (tertiary/aromatic N) is 1. The zero-order valence-corrected chi connectivity index (χ0v) is 24.6. The van der Waals surface area contributed by atoms with Gasteiger partial charge in [0.1, 0.15) is 25.5 Å². The highest BCUT2D eigenvalue weighted by atomic mass is 16.6. The van der Waals surface area contributed by atoms with Gasteiger partial charge < -0.3 is 14.0 Å². The largest absolute Gasteiger partial charge is 0.490 e. The highest BCUT2D eigenvalue weighted by Crippen LogP contribution is 2.17. The molecule has 0 N–H and O–H groups in total. The number of quaternary nitrogens is 1. The predicted octanol–water partition coefficient (Wildman–Crippen LogP) is 8.52. The molecule has 0 bridgehead atoms. The highest BCUT2D eigenvalue weighted by molar-refractivity contribution is 5.69. The number of esters is 1. The van der Waals surface area contributed by atoms with E-state index in [1.165, 1.54) is 75.3 Å². The molecule has 0 aliphatic heterocycles. The van der Waals surface area contributed by atoms with Crippen molar-refractivity contribution < 1.29 is 18.8 Å². The molecule has 2 rings (SSSR count). The van der Waals surface area contributed by atoms with Gasteiger partial charge in [0.25, 0.3) is 0 Å². The van der Waals surface area contributed by atoms with E-state index >= 15 is 0 Å². The lowest BCUT2D eigenvalue weighted by molar-refractivity contribution is -0.903. The summed E-state index contributed by atoms with van der Waals surface area (Å²) in [6, 6.07) is 18.9. The van der Waals surface area contributed by atoms with E-state index in [0.717, 1.165) is 42.6 Å². The molecule has 2 aromatic carbocycles. The fourth-order valence-corrected chi connectivity index (χ4v) is 4.96. The summed E-state index contributed by atoms with van der Waals surface area (Å²) in [5.74, 6) is 0.737. The third kappa shape index (κ3) is 15.8. The van der Waals surface area contributed by atoms with E-state index in [1.54, 1.807) is 0 Å². The van der Waals surface area contributed by atoms with Gasteiger partial charge in [-0.05, 0) is 43.4 Å². The number of hydrogen-bond donors (Lipinski definition) is 0. The van der Waals surface area contributed by atoms with E-state index in [0.29, 0.717) is 19.6 Å². The molecule has 0 unspecified atom stereocenters. The number of ether oxygens (including phenoxy) is 2. The molecule has 38 heavy (non-hydrogen) atoms. The van der Waals surface area contributed by atoms with Gasteiger partial charge in [-0.15, -0.1) is 0 Å². The van der Waals surface area contributed by atoms with Crippen LogP contribution in [0.25, 0.3) is 0 Å². The Bertz CT molecular complexity index is 865. The zero-order chi connectivity index (χ0) is 27.3. The first kappa shape index (κ1) is 31.9. The van der Waals surface area contributed by atoms with Crippen molar-refractivity contribution >= 4 is 5.97 Å². The second-order valence-corrected chi connectivity index (χ2v) is 11.4. The molecule has 212 valence electrons. The monoisotopic (exact) mass is 524 g/mol. The van der Waals surface area contributed by atoms with Crippen molar-refractivity contribution in [2.45, 2.75) is 103 Å². The Balaban J connectivity index is 1.48. The molecule has 0 fully saturated rings. The summed E-state index contributed by atoms with van der Waals surface area (Å²) in [5, 5.41) is 0. The molecule has 0 spiro atoms. The van der Waals surface area contributed by atoms with Gasteiger partial charge in [0.05, 0.1) is 20.6 Å². The fraction of sp³-hybridized carbons (Fsp3) is 0.618. The van der Waals surface area contributed by atoms with Gasteiger partial charge in [-0.3, -0.25) is 4.79 Å². The van der Waals surface area contributed by atoms with Crippen LogP contribution in [0.2, 0.25) is 0 Å². The maximum Gasteiger partial charge on any atom is 0.305 e. The van der Waals surface area contributed by atoms with E-state index in [-0.39, 0.29) is 5.97 Å². The Morgan fingerprint density at radius 2 is 1.37 bits per heavy atom. The average molecular weight is 525 g/mol. The molecule has 0 aliphatic carbocycles. The first-order valence-electron chi connectivity index (χ1n) is 15.2. The maximum absolute atomic E-state index is 12.1. The van der Waals surface area contributed by atoms with Crippen LogP contribution in [0.4, 0.5) is 0 Å². The Kier molecular flexibility index (Phi) is 16.5. The number of carbonyl (C=O) groups excluding carboxylic acids is 1. The quantitative estimate of drug-likeness (QED) is 0.0879. The van der Waals surface area contributed by atoms with Crippen molar-refractivity contribution in [3.63, 3.8) is 0 Å². The Labute approximate surface area is 233 Å². The van der Waals surface area contributed by atoms with Crippen LogP contribution in [-0.4, -0.2) is 44.3 Å². The summed E-state index contributed by atoms with van der Waals surface area (Å²) in [6.07, 6.45) is 17.0. The summed E-state index contributed by atoms with van der Waals surface area (Å²) < 4.78 is 12.2. The molecule has 0 radical (unpaired) electrons. The van der Waals surface area contributed by atoms with E-state index in [9.17, 15) is 4.79 Å². The van der Waals surface area contributed by atoms with Crippen LogP contribution in [0.3, 0.4) is 0 Å². The van der Waals surface area contributed by atoms with Crippen LogP contribution >= 0.6 is 0 Å². The van der Waals surface area contributed by atoms with Crippen LogP contribution in [0, 0.1) is 0 Å². The lowest BCUT2D eigenvalue weighted by Crippen LogP contribution is -2.39. The minimum Gasteiger partial charge on any atom is -0.490 e. The zero-order valence-electron chi connectivity index (χ0n) is 24.6. The van der Waals surface area contributed by atoms with Crippen molar-refractivity contribution in [3.8, 4) is 5.75 Å². The molecule has 0 saturated heterocycles. The van der Waals surface area contributed by atoms with Crippen LogP contribution in [0.15, 0.2) is 54.6 Å². The number of unbranched alkanes of at least 4 members (excludes halogenated alkanes) is 10. The number of aryl methyl sites for hydroxylation is 1. The molecule has 0 heterocycles. The summed E-state index contributed by atoms with van der Waals surface area (Å²) in [5.41, 5.74) is 2.67. The smallest absolute Gasteiger partial charge is 0.305 e. The average Bonchev–Trinajstić information content (AvgIpc) is 2.91. The van der Waals surface area contributed by atoms with Crippen LogP contribution < -0.4 is 4.74 Å². The van der Waals surface area contributed by atoms with Gasteiger partial charge in [0.2, 0.25) is 0 Å². The summed E-state index contributed by atoms with van der Waals surface area (Å²) in [4.78, 5) is 12.1. The normalized spacial score (nSPS) is 11.4. The third-order valence-electron chi connectivity index (χ3n) is 7.18. The summed E-state index contributed by atoms with van der Waals surface area (Å²) in [7, 11) is 4.49. The molecule has 4 nitrogen and oxygen atoms in total. The van der Waals surface area contributed by atoms with Gasteiger partial charge in [0, 0.05) is 12.0 Å². The molecule has 2 aromatic rings.